The van der Waals surface area contributed by atoms with Crippen LogP contribution in [0.3, 0.4) is 0 Å². The molecule has 5 amide bonds. The molecule has 3 atom stereocenters. The summed E-state index contributed by atoms with van der Waals surface area (Å²) in [7, 11) is -3.95. The number of hydrogen-bond donors (Lipinski definition) is 5. The Morgan fingerprint density at radius 1 is 0.864 bits per heavy atom. The van der Waals surface area contributed by atoms with E-state index in [0.29, 0.717) is 12.0 Å². The summed E-state index contributed by atoms with van der Waals surface area (Å²) < 4.78 is 37.5. The van der Waals surface area contributed by atoms with Crippen molar-refractivity contribution in [3.8, 4) is 0 Å². The highest BCUT2D eigenvalue weighted by Crippen LogP contribution is 2.16. The summed E-state index contributed by atoms with van der Waals surface area (Å²) >= 11 is 0. The van der Waals surface area contributed by atoms with Gasteiger partial charge in [-0.3, -0.25) is 24.0 Å². The maximum atomic E-state index is 13.9. The van der Waals surface area contributed by atoms with Crippen LogP contribution in [0, 0.1) is 17.7 Å². The van der Waals surface area contributed by atoms with Crippen LogP contribution in [0.1, 0.15) is 50.0 Å². The van der Waals surface area contributed by atoms with E-state index in [1.54, 1.807) is 44.2 Å². The number of amides is 5. The first-order chi connectivity index (χ1) is 20.5. The van der Waals surface area contributed by atoms with Crippen LogP contribution in [0.2, 0.25) is 0 Å². The summed E-state index contributed by atoms with van der Waals surface area (Å²) in [5.41, 5.74) is 5.97. The number of carbonyl (C=O) groups excluding carboxylic acids is 5. The molecule has 6 N–H and O–H groups in total. The number of nitrogens with two attached hydrogens (primary N) is 1. The molecular formula is C30H40FN5O7S. The van der Waals surface area contributed by atoms with E-state index in [1.807, 2.05) is 13.8 Å². The Morgan fingerprint density at radius 2 is 1.50 bits per heavy atom. The first-order valence-electron chi connectivity index (χ1n) is 14.0. The van der Waals surface area contributed by atoms with Crippen LogP contribution in [-0.4, -0.2) is 68.9 Å². The standard InChI is InChI=1S/C30H40FN5O7S/c1-17(2)13-22(27(32)38)35-30(41)26(18(3)4)36-29(40)23(14-19-9-7-6-8-10-19)34-25(37)16-33-28(39)20-11-12-21(31)24(15-20)44(5,42)43/h6-12,15,17-18,22-23,26H,13-14,16H2,1-5H3,(H2,32,38)(H,33,39)(H,34,37)(H,35,41)(H,36,40)/t22-,23-,26-/m0/s1/i31-1. The fraction of sp³-hybridized carbons (Fsp3) is 0.433. The number of sulfone groups is 1. The van der Waals surface area contributed by atoms with Crippen molar-refractivity contribution >= 4 is 39.4 Å². The van der Waals surface area contributed by atoms with Gasteiger partial charge in [-0.2, -0.15) is 0 Å². The molecule has 14 heteroatoms. The number of rotatable bonds is 15. The van der Waals surface area contributed by atoms with E-state index in [9.17, 15) is 36.8 Å². The van der Waals surface area contributed by atoms with E-state index >= 15 is 0 Å². The average molecular weight is 633 g/mol. The average Bonchev–Trinajstić information content (AvgIpc) is 2.93. The number of halogens is 1. The highest BCUT2D eigenvalue weighted by Gasteiger charge is 2.31. The lowest BCUT2D eigenvalue weighted by Crippen LogP contribution is -2.58. The molecule has 12 nitrogen and oxygen atoms in total. The predicted molar refractivity (Wildman–Crippen MR) is 161 cm³/mol. The molecule has 240 valence electrons. The summed E-state index contributed by atoms with van der Waals surface area (Å²) in [5.74, 6) is -4.93. The van der Waals surface area contributed by atoms with E-state index in [0.717, 1.165) is 24.5 Å². The highest BCUT2D eigenvalue weighted by atomic mass is 32.2. The maximum Gasteiger partial charge on any atom is 0.251 e. The van der Waals surface area contributed by atoms with Crippen molar-refractivity contribution in [2.45, 2.75) is 63.6 Å². The molecule has 2 aromatic carbocycles. The van der Waals surface area contributed by atoms with Gasteiger partial charge in [-0.25, -0.2) is 12.8 Å². The van der Waals surface area contributed by atoms with Crippen molar-refractivity contribution in [3.05, 3.63) is 65.5 Å². The molecule has 0 aliphatic rings. The lowest BCUT2D eigenvalue weighted by Gasteiger charge is -2.27. The zero-order chi connectivity index (χ0) is 33.2. The van der Waals surface area contributed by atoms with Crippen LogP contribution in [0.25, 0.3) is 0 Å². The third-order valence-electron chi connectivity index (χ3n) is 6.55. The Balaban J connectivity index is 2.18. The van der Waals surface area contributed by atoms with E-state index in [2.05, 4.69) is 21.3 Å². The number of benzene rings is 2. The Kier molecular flexibility index (Phi) is 13.0. The molecule has 0 aliphatic carbocycles. The molecule has 0 saturated carbocycles. The first-order valence-corrected chi connectivity index (χ1v) is 15.9. The minimum atomic E-state index is -3.95. The molecule has 0 heterocycles. The van der Waals surface area contributed by atoms with Crippen LogP contribution >= 0.6 is 0 Å². The SMILES string of the molecule is CC(C)C[C@H](NC(=O)[C@@H](NC(=O)[C@H](Cc1ccccc1)NC(=O)CNC(=O)c1ccc([18F])c(S(C)(=O)=O)c1)C(C)C)C(N)=O. The van der Waals surface area contributed by atoms with Gasteiger partial charge in [0, 0.05) is 18.2 Å². The molecule has 0 spiro atoms. The highest BCUT2D eigenvalue weighted by molar-refractivity contribution is 7.90. The van der Waals surface area contributed by atoms with Crippen LogP contribution in [0.4, 0.5) is 4.39 Å². The van der Waals surface area contributed by atoms with Crippen LogP contribution in [-0.2, 0) is 35.4 Å². The van der Waals surface area contributed by atoms with Gasteiger partial charge < -0.3 is 27.0 Å². The van der Waals surface area contributed by atoms with Crippen molar-refractivity contribution in [2.75, 3.05) is 12.8 Å². The number of carbonyl (C=O) groups is 5. The van der Waals surface area contributed by atoms with Crippen LogP contribution in [0.15, 0.2) is 53.4 Å². The van der Waals surface area contributed by atoms with E-state index in [-0.39, 0.29) is 17.9 Å². The van der Waals surface area contributed by atoms with Crippen LogP contribution < -0.4 is 27.0 Å². The van der Waals surface area contributed by atoms with E-state index in [1.165, 1.54) is 0 Å². The van der Waals surface area contributed by atoms with Gasteiger partial charge in [0.1, 0.15) is 28.8 Å². The molecule has 2 aromatic rings. The zero-order valence-electron chi connectivity index (χ0n) is 25.3. The second kappa shape index (κ2) is 15.9. The van der Waals surface area contributed by atoms with E-state index < -0.39 is 80.7 Å². The van der Waals surface area contributed by atoms with Crippen molar-refractivity contribution in [3.63, 3.8) is 0 Å². The van der Waals surface area contributed by atoms with Crippen LogP contribution in [0.5, 0.6) is 0 Å². The zero-order valence-corrected chi connectivity index (χ0v) is 26.2. The van der Waals surface area contributed by atoms with Crippen molar-refractivity contribution in [1.82, 2.24) is 21.3 Å². The molecular weight excluding hydrogens is 592 g/mol. The molecule has 44 heavy (non-hydrogen) atoms. The Morgan fingerprint density at radius 3 is 2.05 bits per heavy atom. The number of hydrogen-bond acceptors (Lipinski definition) is 7. The lowest BCUT2D eigenvalue weighted by molar-refractivity contribution is -0.134. The van der Waals surface area contributed by atoms with E-state index in [4.69, 9.17) is 5.73 Å². The molecule has 0 saturated heterocycles. The van der Waals surface area contributed by atoms with Crippen molar-refractivity contribution < 1.29 is 36.8 Å². The number of nitrogens with one attached hydrogen (secondary N) is 4. The topological polar surface area (TPSA) is 194 Å². The van der Waals surface area contributed by atoms with Gasteiger partial charge in [-0.15, -0.1) is 0 Å². The van der Waals surface area contributed by atoms with Gasteiger partial charge in [-0.1, -0.05) is 58.0 Å². The maximum absolute atomic E-state index is 13.9. The Labute approximate surface area is 256 Å². The fourth-order valence-corrected chi connectivity index (χ4v) is 5.03. The largest absolute Gasteiger partial charge is 0.368 e. The molecule has 0 unspecified atom stereocenters. The van der Waals surface area contributed by atoms with Gasteiger partial charge >= 0.3 is 0 Å². The smallest absolute Gasteiger partial charge is 0.251 e. The first kappa shape index (κ1) is 35.9. The minimum Gasteiger partial charge on any atom is -0.368 e. The third-order valence-corrected chi connectivity index (χ3v) is 7.66. The normalized spacial score (nSPS) is 13.5. The summed E-state index contributed by atoms with van der Waals surface area (Å²) in [6.45, 7) is 6.56. The second-order valence-electron chi connectivity index (χ2n) is 11.2. The molecule has 0 fully saturated rings. The molecule has 2 rings (SSSR count). The second-order valence-corrected chi connectivity index (χ2v) is 13.2. The Hall–Kier alpha value is -4.33. The van der Waals surface area contributed by atoms with Gasteiger partial charge in [0.2, 0.25) is 23.6 Å². The molecule has 0 aliphatic heterocycles. The minimum absolute atomic E-state index is 0.0474. The third kappa shape index (κ3) is 11.1. The Bertz CT molecular complexity index is 1470. The summed E-state index contributed by atoms with van der Waals surface area (Å²) in [5, 5.41) is 10.1. The lowest BCUT2D eigenvalue weighted by atomic mass is 9.99. The summed E-state index contributed by atoms with van der Waals surface area (Å²) in [6, 6.07) is 8.40. The van der Waals surface area contributed by atoms with Gasteiger partial charge in [0.15, 0.2) is 9.84 Å². The van der Waals surface area contributed by atoms with Gasteiger partial charge in [0.25, 0.3) is 5.91 Å². The van der Waals surface area contributed by atoms with Crippen molar-refractivity contribution in [2.24, 2.45) is 17.6 Å². The summed E-state index contributed by atoms with van der Waals surface area (Å²) in [4.78, 5) is 63.2. The predicted octanol–water partition coefficient (Wildman–Crippen LogP) is 0.844. The summed E-state index contributed by atoms with van der Waals surface area (Å²) in [6.07, 6.45) is 1.16. The molecule has 0 radical (unpaired) electrons. The quantitative estimate of drug-likeness (QED) is 0.192. The van der Waals surface area contributed by atoms with Crippen molar-refractivity contribution in [1.29, 1.82) is 0 Å². The molecule has 0 bridgehead atoms. The number of primary amides is 1. The monoisotopic (exact) mass is 632 g/mol. The van der Waals surface area contributed by atoms with Gasteiger partial charge in [-0.05, 0) is 42.0 Å². The molecule has 0 aromatic heterocycles. The fourth-order valence-electron chi connectivity index (χ4n) is 4.26. The van der Waals surface area contributed by atoms with Gasteiger partial charge in [0.05, 0.1) is 6.54 Å².